The van der Waals surface area contributed by atoms with Crippen LogP contribution in [0.3, 0.4) is 0 Å². The number of rotatable bonds is 6. The fraction of sp³-hybridized carbons (Fsp3) is 0.667. The molecular weight excluding hydrogens is 322 g/mol. The smallest absolute Gasteiger partial charge is 0.259 e. The Balaban J connectivity index is 1.59. The first-order valence-electron chi connectivity index (χ1n) is 8.99. The summed E-state index contributed by atoms with van der Waals surface area (Å²) in [5, 5.41) is 10.1. The van der Waals surface area contributed by atoms with Crippen LogP contribution in [0, 0.1) is 0 Å². The zero-order valence-corrected chi connectivity index (χ0v) is 14.8. The lowest BCUT2D eigenvalue weighted by Gasteiger charge is -2.39. The number of pyridine rings is 1. The number of amides is 1. The highest BCUT2D eigenvalue weighted by Crippen LogP contribution is 2.25. The third kappa shape index (κ3) is 4.29. The molecule has 1 saturated carbocycles. The summed E-state index contributed by atoms with van der Waals surface area (Å²) in [5.41, 5.74) is 0.493. The van der Waals surface area contributed by atoms with Gasteiger partial charge in [-0.05, 0) is 31.4 Å². The predicted octanol–water partition coefficient (Wildman–Crippen LogP) is 0.778. The first kappa shape index (κ1) is 18.1. The van der Waals surface area contributed by atoms with Crippen molar-refractivity contribution in [3.8, 4) is 5.88 Å². The minimum absolute atomic E-state index is 0.0489. The maximum atomic E-state index is 12.9. The van der Waals surface area contributed by atoms with Gasteiger partial charge in [0.15, 0.2) is 0 Å². The largest absolute Gasteiger partial charge is 0.475 e. The highest BCUT2D eigenvalue weighted by molar-refractivity contribution is 5.96. The van der Waals surface area contributed by atoms with E-state index in [1.807, 2.05) is 4.90 Å². The summed E-state index contributed by atoms with van der Waals surface area (Å²) in [5.74, 6) is 0.310. The molecule has 0 radical (unpaired) electrons. The molecule has 1 aliphatic heterocycles. The van der Waals surface area contributed by atoms with E-state index >= 15 is 0 Å². The third-order valence-electron chi connectivity index (χ3n) is 5.04. The molecule has 0 bridgehead atoms. The number of carbonyl (C=O) groups is 1. The summed E-state index contributed by atoms with van der Waals surface area (Å²) in [6, 6.07) is 3.76. The molecule has 3 rings (SSSR count). The predicted molar refractivity (Wildman–Crippen MR) is 92.7 cm³/mol. The highest BCUT2D eigenvalue weighted by atomic mass is 16.5. The van der Waals surface area contributed by atoms with E-state index in [-0.39, 0.29) is 18.1 Å². The maximum absolute atomic E-state index is 12.9. The molecule has 2 atom stereocenters. The molecule has 0 spiro atoms. The van der Waals surface area contributed by atoms with Crippen LogP contribution in [0.4, 0.5) is 0 Å². The summed E-state index contributed by atoms with van der Waals surface area (Å²) >= 11 is 0. The van der Waals surface area contributed by atoms with Crippen LogP contribution in [0.15, 0.2) is 18.3 Å². The van der Waals surface area contributed by atoms with Gasteiger partial charge in [-0.15, -0.1) is 0 Å². The van der Waals surface area contributed by atoms with Gasteiger partial charge >= 0.3 is 0 Å². The second-order valence-corrected chi connectivity index (χ2v) is 6.59. The van der Waals surface area contributed by atoms with E-state index in [4.69, 9.17) is 9.47 Å². The van der Waals surface area contributed by atoms with Crippen molar-refractivity contribution < 1.29 is 19.4 Å². The molecule has 7 nitrogen and oxygen atoms in total. The molecule has 1 N–H and O–H groups in total. The minimum atomic E-state index is -0.221. The number of hydrogen-bond acceptors (Lipinski definition) is 6. The van der Waals surface area contributed by atoms with E-state index in [1.165, 1.54) is 0 Å². The molecule has 1 aliphatic carbocycles. The number of aliphatic hydroxyl groups is 1. The van der Waals surface area contributed by atoms with Crippen molar-refractivity contribution >= 4 is 5.91 Å². The highest BCUT2D eigenvalue weighted by Gasteiger charge is 2.33. The van der Waals surface area contributed by atoms with Gasteiger partial charge in [0.05, 0.1) is 12.7 Å². The number of piperazine rings is 1. The number of ether oxygens (including phenoxy) is 2. The van der Waals surface area contributed by atoms with Crippen molar-refractivity contribution in [2.24, 2.45) is 0 Å². The Labute approximate surface area is 148 Å². The number of hydrogen-bond donors (Lipinski definition) is 1. The van der Waals surface area contributed by atoms with Gasteiger partial charge < -0.3 is 19.5 Å². The minimum Gasteiger partial charge on any atom is -0.475 e. The van der Waals surface area contributed by atoms with E-state index < -0.39 is 0 Å². The number of aliphatic hydroxyl groups excluding tert-OH is 1. The first-order valence-corrected chi connectivity index (χ1v) is 8.99. The van der Waals surface area contributed by atoms with Gasteiger partial charge in [-0.2, -0.15) is 0 Å². The summed E-state index contributed by atoms with van der Waals surface area (Å²) in [7, 11) is 1.61. The van der Waals surface area contributed by atoms with Gasteiger partial charge in [0, 0.05) is 45.5 Å². The fourth-order valence-corrected chi connectivity index (χ4v) is 3.66. The van der Waals surface area contributed by atoms with Crippen molar-refractivity contribution in [2.45, 2.75) is 31.4 Å². The lowest BCUT2D eigenvalue weighted by molar-refractivity contribution is 0.0313. The van der Waals surface area contributed by atoms with Gasteiger partial charge in [0.25, 0.3) is 5.91 Å². The summed E-state index contributed by atoms with van der Waals surface area (Å²) < 4.78 is 10.6. The molecule has 0 unspecified atom stereocenters. The molecule has 1 amide bonds. The number of aromatic nitrogens is 1. The average molecular weight is 349 g/mol. The molecule has 138 valence electrons. The average Bonchev–Trinajstić information content (AvgIpc) is 3.08. The lowest BCUT2D eigenvalue weighted by Crippen LogP contribution is -2.53. The van der Waals surface area contributed by atoms with Crippen LogP contribution < -0.4 is 4.74 Å². The maximum Gasteiger partial charge on any atom is 0.259 e. The number of carbonyl (C=O) groups excluding carboxylic acids is 1. The molecule has 2 aliphatic rings. The lowest BCUT2D eigenvalue weighted by atomic mass is 10.1. The molecule has 25 heavy (non-hydrogen) atoms. The second-order valence-electron chi connectivity index (χ2n) is 6.59. The quantitative estimate of drug-likeness (QED) is 0.765. The van der Waals surface area contributed by atoms with Crippen molar-refractivity contribution in [3.05, 3.63) is 23.9 Å². The van der Waals surface area contributed by atoms with Gasteiger partial charge in [0.1, 0.15) is 12.2 Å². The number of methoxy groups -OCH3 is 1. The molecule has 0 aromatic carbocycles. The van der Waals surface area contributed by atoms with Crippen LogP contribution in [-0.2, 0) is 4.74 Å². The van der Waals surface area contributed by atoms with Gasteiger partial charge in [0.2, 0.25) is 5.88 Å². The first-order chi connectivity index (χ1) is 12.2. The van der Waals surface area contributed by atoms with E-state index in [1.54, 1.807) is 25.4 Å². The van der Waals surface area contributed by atoms with Crippen molar-refractivity contribution in [1.29, 1.82) is 0 Å². The van der Waals surface area contributed by atoms with Crippen LogP contribution in [0.2, 0.25) is 0 Å². The van der Waals surface area contributed by atoms with Crippen LogP contribution in [-0.4, -0.2) is 84.4 Å². The van der Waals surface area contributed by atoms with Gasteiger partial charge in [-0.3, -0.25) is 9.69 Å². The van der Waals surface area contributed by atoms with Crippen LogP contribution >= 0.6 is 0 Å². The third-order valence-corrected chi connectivity index (χ3v) is 5.04. The number of nitrogens with zero attached hydrogens (tertiary/aromatic N) is 3. The Kier molecular flexibility index (Phi) is 6.23. The molecule has 1 aromatic rings. The Morgan fingerprint density at radius 1 is 1.28 bits per heavy atom. The van der Waals surface area contributed by atoms with Crippen molar-refractivity contribution in [1.82, 2.24) is 14.8 Å². The Hall–Kier alpha value is -1.70. The summed E-state index contributed by atoms with van der Waals surface area (Å²) in [6.07, 6.45) is 4.43. The molecule has 2 fully saturated rings. The van der Waals surface area contributed by atoms with Gasteiger partial charge in [-0.25, -0.2) is 4.98 Å². The SMILES string of the molecule is COCCOc1ncccc1C(=O)N1CCN([C@H]2CCC[C@@H]2O)CC1. The molecule has 7 heteroatoms. The molecule has 1 aromatic heterocycles. The Bertz CT molecular complexity index is 575. The molecular formula is C18H27N3O4. The fourth-order valence-electron chi connectivity index (χ4n) is 3.66. The normalized spacial score (nSPS) is 24.5. The second kappa shape index (κ2) is 8.60. The monoisotopic (exact) mass is 349 g/mol. The van der Waals surface area contributed by atoms with Crippen molar-refractivity contribution in [3.63, 3.8) is 0 Å². The van der Waals surface area contributed by atoms with E-state index in [9.17, 15) is 9.90 Å². The summed E-state index contributed by atoms with van der Waals surface area (Å²) in [6.45, 7) is 3.73. The van der Waals surface area contributed by atoms with E-state index in [0.717, 1.165) is 32.4 Å². The van der Waals surface area contributed by atoms with Crippen LogP contribution in [0.1, 0.15) is 29.6 Å². The topological polar surface area (TPSA) is 75.1 Å². The van der Waals surface area contributed by atoms with Crippen LogP contribution in [0.25, 0.3) is 0 Å². The Morgan fingerprint density at radius 2 is 2.08 bits per heavy atom. The van der Waals surface area contributed by atoms with E-state index in [0.29, 0.717) is 37.7 Å². The standard InChI is InChI=1S/C18H27N3O4/c1-24-12-13-25-17-14(4-3-7-19-17)18(23)21-10-8-20(9-11-21)15-5-2-6-16(15)22/h3-4,7,15-16,22H,2,5-6,8-13H2,1H3/t15-,16-/m0/s1. The van der Waals surface area contributed by atoms with E-state index in [2.05, 4.69) is 9.88 Å². The zero-order valence-electron chi connectivity index (χ0n) is 14.8. The van der Waals surface area contributed by atoms with Gasteiger partial charge in [-0.1, -0.05) is 0 Å². The van der Waals surface area contributed by atoms with Crippen LogP contribution in [0.5, 0.6) is 5.88 Å². The zero-order chi connectivity index (χ0) is 17.6. The molecule has 2 heterocycles. The summed E-state index contributed by atoms with van der Waals surface area (Å²) in [4.78, 5) is 21.2. The Morgan fingerprint density at radius 3 is 2.76 bits per heavy atom. The molecule has 1 saturated heterocycles. The van der Waals surface area contributed by atoms with Crippen molar-refractivity contribution in [2.75, 3.05) is 46.5 Å².